The Balaban J connectivity index is 2.58. The summed E-state index contributed by atoms with van der Waals surface area (Å²) in [6.07, 6.45) is 3.41. The molecule has 1 heterocycles. The van der Waals surface area contributed by atoms with Crippen molar-refractivity contribution in [3.8, 4) is 0 Å². The molecule has 1 heteroatoms. The van der Waals surface area contributed by atoms with Crippen molar-refractivity contribution in [3.05, 3.63) is 29.3 Å². The van der Waals surface area contributed by atoms with Gasteiger partial charge in [-0.05, 0) is 43.4 Å². The fourth-order valence-electron chi connectivity index (χ4n) is 2.91. The minimum Gasteiger partial charge on any atom is -0.257 e. The van der Waals surface area contributed by atoms with E-state index in [4.69, 9.17) is 4.99 Å². The lowest BCUT2D eigenvalue weighted by molar-refractivity contribution is 0.542. The molecular formula is C15H21N. The van der Waals surface area contributed by atoms with Crippen LogP contribution in [0.2, 0.25) is 0 Å². The standard InChI is InChI=1S/C15H21N/c1-5-12-8-9-14-13(10-12)15(6-2,7-3)11(4)16-14/h8-10H,5-7H2,1-4H3. The lowest BCUT2D eigenvalue weighted by Gasteiger charge is -2.28. The second-order valence-electron chi connectivity index (χ2n) is 4.69. The highest BCUT2D eigenvalue weighted by molar-refractivity contribution is 6.00. The molecule has 0 fully saturated rings. The molecule has 16 heavy (non-hydrogen) atoms. The Bertz CT molecular complexity index is 425. The van der Waals surface area contributed by atoms with E-state index in [1.54, 1.807) is 0 Å². The van der Waals surface area contributed by atoms with Gasteiger partial charge in [0.25, 0.3) is 0 Å². The molecule has 0 radical (unpaired) electrons. The third-order valence-electron chi connectivity index (χ3n) is 4.17. The van der Waals surface area contributed by atoms with Crippen molar-refractivity contribution in [2.24, 2.45) is 4.99 Å². The van der Waals surface area contributed by atoms with Crippen LogP contribution in [0.25, 0.3) is 0 Å². The van der Waals surface area contributed by atoms with E-state index in [2.05, 4.69) is 45.9 Å². The van der Waals surface area contributed by atoms with Crippen molar-refractivity contribution in [1.29, 1.82) is 0 Å². The number of aliphatic imine (C=N–C) groups is 1. The lowest BCUT2D eigenvalue weighted by atomic mass is 9.73. The van der Waals surface area contributed by atoms with Gasteiger partial charge in [-0.15, -0.1) is 0 Å². The molecule has 86 valence electrons. The molecule has 1 nitrogen and oxygen atoms in total. The quantitative estimate of drug-likeness (QED) is 0.708. The van der Waals surface area contributed by atoms with Crippen LogP contribution in [0.3, 0.4) is 0 Å². The summed E-state index contributed by atoms with van der Waals surface area (Å²) in [6, 6.07) is 6.75. The van der Waals surface area contributed by atoms with Crippen molar-refractivity contribution in [3.63, 3.8) is 0 Å². The van der Waals surface area contributed by atoms with Crippen LogP contribution in [-0.2, 0) is 11.8 Å². The number of hydrogen-bond acceptors (Lipinski definition) is 1. The third-order valence-corrected chi connectivity index (χ3v) is 4.17. The first-order valence-corrected chi connectivity index (χ1v) is 6.37. The summed E-state index contributed by atoms with van der Waals surface area (Å²) in [5.41, 5.74) is 5.57. The highest BCUT2D eigenvalue weighted by atomic mass is 14.8. The summed E-state index contributed by atoms with van der Waals surface area (Å²) >= 11 is 0. The second-order valence-corrected chi connectivity index (χ2v) is 4.69. The van der Waals surface area contributed by atoms with Gasteiger partial charge >= 0.3 is 0 Å². The molecule has 0 saturated heterocycles. The van der Waals surface area contributed by atoms with E-state index in [1.807, 2.05) is 0 Å². The molecule has 0 spiro atoms. The van der Waals surface area contributed by atoms with Crippen LogP contribution in [0.5, 0.6) is 0 Å². The average molecular weight is 215 g/mol. The van der Waals surface area contributed by atoms with Crippen LogP contribution in [0.4, 0.5) is 5.69 Å². The molecule has 0 unspecified atom stereocenters. The van der Waals surface area contributed by atoms with Crippen molar-refractivity contribution in [1.82, 2.24) is 0 Å². The van der Waals surface area contributed by atoms with Gasteiger partial charge < -0.3 is 0 Å². The molecule has 0 bridgehead atoms. The maximum absolute atomic E-state index is 4.74. The van der Waals surface area contributed by atoms with E-state index >= 15 is 0 Å². The van der Waals surface area contributed by atoms with Gasteiger partial charge in [-0.2, -0.15) is 0 Å². The smallest absolute Gasteiger partial charge is 0.0670 e. The van der Waals surface area contributed by atoms with Crippen LogP contribution >= 0.6 is 0 Å². The van der Waals surface area contributed by atoms with E-state index in [0.29, 0.717) is 0 Å². The molecule has 2 rings (SSSR count). The van der Waals surface area contributed by atoms with Gasteiger partial charge in [0.15, 0.2) is 0 Å². The highest BCUT2D eigenvalue weighted by Crippen LogP contribution is 2.45. The molecule has 0 saturated carbocycles. The fraction of sp³-hybridized carbons (Fsp3) is 0.533. The van der Waals surface area contributed by atoms with E-state index in [1.165, 1.54) is 22.5 Å². The summed E-state index contributed by atoms with van der Waals surface area (Å²) in [4.78, 5) is 4.74. The first-order chi connectivity index (χ1) is 7.67. The zero-order valence-corrected chi connectivity index (χ0v) is 10.8. The molecule has 0 N–H and O–H groups in total. The SMILES string of the molecule is CCc1ccc2c(c1)C(CC)(CC)C(C)=N2. The van der Waals surface area contributed by atoms with E-state index in [0.717, 1.165) is 19.3 Å². The third kappa shape index (κ3) is 1.41. The van der Waals surface area contributed by atoms with Gasteiger partial charge in [-0.3, -0.25) is 4.99 Å². The molecule has 1 aromatic rings. The summed E-state index contributed by atoms with van der Waals surface area (Å²) in [5.74, 6) is 0. The number of benzene rings is 1. The topological polar surface area (TPSA) is 12.4 Å². The predicted molar refractivity (Wildman–Crippen MR) is 70.8 cm³/mol. The maximum atomic E-state index is 4.74. The number of nitrogens with zero attached hydrogens (tertiary/aromatic N) is 1. The van der Waals surface area contributed by atoms with E-state index < -0.39 is 0 Å². The van der Waals surface area contributed by atoms with Crippen molar-refractivity contribution in [2.75, 3.05) is 0 Å². The Labute approximate surface area is 98.6 Å². The van der Waals surface area contributed by atoms with Crippen molar-refractivity contribution >= 4 is 11.4 Å². The molecule has 0 atom stereocenters. The molecule has 0 aromatic heterocycles. The van der Waals surface area contributed by atoms with Crippen molar-refractivity contribution in [2.45, 2.75) is 52.4 Å². The Morgan fingerprint density at radius 3 is 2.38 bits per heavy atom. The summed E-state index contributed by atoms with van der Waals surface area (Å²) in [6.45, 7) is 8.94. The van der Waals surface area contributed by atoms with Crippen LogP contribution in [0.1, 0.15) is 51.7 Å². The highest BCUT2D eigenvalue weighted by Gasteiger charge is 2.37. The molecule has 0 amide bonds. The normalized spacial score (nSPS) is 17.1. The first kappa shape index (κ1) is 11.4. The Morgan fingerprint density at radius 1 is 1.12 bits per heavy atom. The van der Waals surface area contributed by atoms with Crippen LogP contribution < -0.4 is 0 Å². The monoisotopic (exact) mass is 215 g/mol. The van der Waals surface area contributed by atoms with Crippen molar-refractivity contribution < 1.29 is 0 Å². The number of hydrogen-bond donors (Lipinski definition) is 0. The van der Waals surface area contributed by atoms with Gasteiger partial charge in [-0.1, -0.05) is 32.9 Å². The van der Waals surface area contributed by atoms with Gasteiger partial charge in [0.2, 0.25) is 0 Å². The minimum atomic E-state index is 0.209. The first-order valence-electron chi connectivity index (χ1n) is 6.37. The zero-order chi connectivity index (χ0) is 11.8. The minimum absolute atomic E-state index is 0.209. The Kier molecular flexibility index (Phi) is 2.88. The average Bonchev–Trinajstić information content (AvgIpc) is 2.60. The molecule has 1 aliphatic heterocycles. The van der Waals surface area contributed by atoms with Gasteiger partial charge in [0, 0.05) is 11.1 Å². The number of rotatable bonds is 3. The van der Waals surface area contributed by atoms with E-state index in [9.17, 15) is 0 Å². The Morgan fingerprint density at radius 2 is 1.81 bits per heavy atom. The molecular weight excluding hydrogens is 194 g/mol. The molecule has 0 aliphatic carbocycles. The van der Waals surface area contributed by atoms with Gasteiger partial charge in [-0.25, -0.2) is 0 Å². The predicted octanol–water partition coefficient (Wildman–Crippen LogP) is 4.41. The summed E-state index contributed by atoms with van der Waals surface area (Å²) in [5, 5.41) is 0. The summed E-state index contributed by atoms with van der Waals surface area (Å²) < 4.78 is 0. The van der Waals surface area contributed by atoms with Crippen LogP contribution in [-0.4, -0.2) is 5.71 Å². The maximum Gasteiger partial charge on any atom is 0.0670 e. The van der Waals surface area contributed by atoms with Gasteiger partial charge in [0.1, 0.15) is 0 Å². The number of aryl methyl sites for hydroxylation is 1. The summed E-state index contributed by atoms with van der Waals surface area (Å²) in [7, 11) is 0. The largest absolute Gasteiger partial charge is 0.257 e. The van der Waals surface area contributed by atoms with E-state index in [-0.39, 0.29) is 5.41 Å². The van der Waals surface area contributed by atoms with Crippen LogP contribution in [0.15, 0.2) is 23.2 Å². The zero-order valence-electron chi connectivity index (χ0n) is 10.8. The number of fused-ring (bicyclic) bond motifs is 1. The van der Waals surface area contributed by atoms with Gasteiger partial charge in [0.05, 0.1) is 5.69 Å². The molecule has 1 aromatic carbocycles. The Hall–Kier alpha value is -1.11. The fourth-order valence-corrected chi connectivity index (χ4v) is 2.91. The second kappa shape index (κ2) is 4.04. The van der Waals surface area contributed by atoms with Crippen LogP contribution in [0, 0.1) is 0 Å². The molecule has 1 aliphatic rings. The lowest BCUT2D eigenvalue weighted by Crippen LogP contribution is -2.29.